The highest BCUT2D eigenvalue weighted by Crippen LogP contribution is 2.20. The molecule has 3 rings (SSSR count). The lowest BCUT2D eigenvalue weighted by molar-refractivity contribution is -0.116. The highest BCUT2D eigenvalue weighted by atomic mass is 16.5. The summed E-state index contributed by atoms with van der Waals surface area (Å²) in [6.45, 7) is 6.64. The smallest absolute Gasteiger partial charge is 0.224 e. The van der Waals surface area contributed by atoms with Crippen LogP contribution in [0.4, 0.5) is 5.69 Å². The predicted molar refractivity (Wildman–Crippen MR) is 107 cm³/mol. The normalized spacial score (nSPS) is 11.0. The zero-order valence-corrected chi connectivity index (χ0v) is 16.4. The Bertz CT molecular complexity index is 962. The van der Waals surface area contributed by atoms with Crippen molar-refractivity contribution in [3.8, 4) is 5.75 Å². The third-order valence-corrected chi connectivity index (χ3v) is 4.55. The van der Waals surface area contributed by atoms with E-state index >= 15 is 0 Å². The maximum Gasteiger partial charge on any atom is 0.224 e. The second-order valence-corrected chi connectivity index (χ2v) is 6.93. The molecule has 2 aromatic heterocycles. The van der Waals surface area contributed by atoms with Crippen molar-refractivity contribution in [3.63, 3.8) is 0 Å². The zero-order valence-electron chi connectivity index (χ0n) is 16.4. The van der Waals surface area contributed by atoms with Crippen molar-refractivity contribution in [1.82, 2.24) is 14.8 Å². The van der Waals surface area contributed by atoms with E-state index in [0.29, 0.717) is 18.7 Å². The molecular weight excluding hydrogens is 340 g/mol. The predicted octanol–water partition coefficient (Wildman–Crippen LogP) is 4.08. The van der Waals surface area contributed by atoms with Crippen molar-refractivity contribution < 1.29 is 9.53 Å². The van der Waals surface area contributed by atoms with Gasteiger partial charge in [0.2, 0.25) is 5.91 Å². The quantitative estimate of drug-likeness (QED) is 0.640. The molecule has 27 heavy (non-hydrogen) atoms. The van der Waals surface area contributed by atoms with Crippen LogP contribution in [0, 0.1) is 20.8 Å². The first-order chi connectivity index (χ1) is 12.9. The summed E-state index contributed by atoms with van der Waals surface area (Å²) in [5.74, 6) is 0.912. The van der Waals surface area contributed by atoms with Crippen LogP contribution in [-0.2, 0) is 11.8 Å². The molecule has 0 aliphatic heterocycles. The van der Waals surface area contributed by atoms with Gasteiger partial charge in [-0.1, -0.05) is 12.1 Å². The number of carbonyl (C=O) groups is 1. The molecule has 0 atom stereocenters. The molecule has 0 aliphatic carbocycles. The molecule has 2 heterocycles. The summed E-state index contributed by atoms with van der Waals surface area (Å²) in [6, 6.07) is 8.11. The molecule has 6 nitrogen and oxygen atoms in total. The molecule has 0 spiro atoms. The summed E-state index contributed by atoms with van der Waals surface area (Å²) in [6.07, 6.45) is 3.74. The van der Waals surface area contributed by atoms with Crippen molar-refractivity contribution in [2.24, 2.45) is 7.05 Å². The molecule has 6 heteroatoms. The fourth-order valence-electron chi connectivity index (χ4n) is 3.03. The van der Waals surface area contributed by atoms with Gasteiger partial charge in [-0.25, -0.2) is 4.98 Å². The maximum absolute atomic E-state index is 12.2. The minimum absolute atomic E-state index is 0.00979. The number of nitrogens with one attached hydrogen (secondary N) is 1. The molecule has 0 saturated heterocycles. The van der Waals surface area contributed by atoms with Gasteiger partial charge in [0, 0.05) is 18.9 Å². The fourth-order valence-corrected chi connectivity index (χ4v) is 3.03. The number of rotatable bonds is 7. The molecule has 3 aromatic rings. The number of fused-ring (bicyclic) bond motifs is 1. The van der Waals surface area contributed by atoms with Crippen molar-refractivity contribution in [2.45, 2.75) is 40.0 Å². The van der Waals surface area contributed by atoms with Gasteiger partial charge in [-0.05, 0) is 56.9 Å². The van der Waals surface area contributed by atoms with Crippen LogP contribution in [0.1, 0.15) is 36.1 Å². The average molecular weight is 366 g/mol. The van der Waals surface area contributed by atoms with Crippen LogP contribution in [0.25, 0.3) is 11.0 Å². The Morgan fingerprint density at radius 3 is 2.81 bits per heavy atom. The van der Waals surface area contributed by atoms with Crippen LogP contribution in [0.15, 0.2) is 30.5 Å². The lowest BCUT2D eigenvalue weighted by Gasteiger charge is -2.10. The Kier molecular flexibility index (Phi) is 5.74. The van der Waals surface area contributed by atoms with E-state index in [9.17, 15) is 4.79 Å². The topological polar surface area (TPSA) is 69.0 Å². The summed E-state index contributed by atoms with van der Waals surface area (Å²) in [5, 5.41) is 8.22. The van der Waals surface area contributed by atoms with E-state index in [1.807, 2.05) is 33.0 Å². The summed E-state index contributed by atoms with van der Waals surface area (Å²) < 4.78 is 7.57. The first-order valence-electron chi connectivity index (χ1n) is 9.23. The summed E-state index contributed by atoms with van der Waals surface area (Å²) >= 11 is 0. The lowest BCUT2D eigenvalue weighted by Crippen LogP contribution is -2.12. The van der Waals surface area contributed by atoms with Crippen LogP contribution < -0.4 is 10.1 Å². The molecule has 0 radical (unpaired) electrons. The van der Waals surface area contributed by atoms with E-state index in [2.05, 4.69) is 34.5 Å². The number of ether oxygens (including phenoxy) is 1. The molecule has 1 aromatic carbocycles. The Hall–Kier alpha value is -2.89. The van der Waals surface area contributed by atoms with Gasteiger partial charge < -0.3 is 10.1 Å². The van der Waals surface area contributed by atoms with Gasteiger partial charge in [-0.15, -0.1) is 0 Å². The standard InChI is InChI=1S/C21H26N4O2/c1-14-8-9-15(2)19(11-14)27-10-6-5-7-20(26)23-17-12-18-16(3)24-25(4)21(18)22-13-17/h8-9,11-13H,5-7,10H2,1-4H3,(H,23,26). The van der Waals surface area contributed by atoms with Crippen LogP contribution in [-0.4, -0.2) is 27.3 Å². The van der Waals surface area contributed by atoms with E-state index in [1.165, 1.54) is 5.56 Å². The van der Waals surface area contributed by atoms with Gasteiger partial charge in [0.05, 0.1) is 24.2 Å². The van der Waals surface area contributed by atoms with Crippen molar-refractivity contribution >= 4 is 22.6 Å². The van der Waals surface area contributed by atoms with Gasteiger partial charge >= 0.3 is 0 Å². The second-order valence-electron chi connectivity index (χ2n) is 6.93. The minimum Gasteiger partial charge on any atom is -0.493 e. The Balaban J connectivity index is 1.44. The number of anilines is 1. The zero-order chi connectivity index (χ0) is 19.4. The Labute approximate surface area is 159 Å². The van der Waals surface area contributed by atoms with E-state index in [1.54, 1.807) is 10.9 Å². The number of benzene rings is 1. The van der Waals surface area contributed by atoms with Crippen molar-refractivity contribution in [2.75, 3.05) is 11.9 Å². The number of nitrogens with zero attached hydrogens (tertiary/aromatic N) is 3. The van der Waals surface area contributed by atoms with Crippen LogP contribution >= 0.6 is 0 Å². The van der Waals surface area contributed by atoms with Crippen LogP contribution in [0.3, 0.4) is 0 Å². The lowest BCUT2D eigenvalue weighted by atomic mass is 10.1. The van der Waals surface area contributed by atoms with Crippen molar-refractivity contribution in [3.05, 3.63) is 47.3 Å². The third kappa shape index (κ3) is 4.64. The molecule has 0 fully saturated rings. The largest absolute Gasteiger partial charge is 0.493 e. The molecule has 0 bridgehead atoms. The molecule has 1 N–H and O–H groups in total. The monoisotopic (exact) mass is 366 g/mol. The summed E-state index contributed by atoms with van der Waals surface area (Å²) in [5.41, 5.74) is 4.74. The number of unbranched alkanes of at least 4 members (excludes halogenated alkanes) is 1. The Morgan fingerprint density at radius 2 is 2.00 bits per heavy atom. The number of amides is 1. The molecule has 1 amide bonds. The van der Waals surface area contributed by atoms with Gasteiger partial charge in [-0.3, -0.25) is 9.48 Å². The molecule has 0 aliphatic rings. The molecule has 0 saturated carbocycles. The van der Waals surface area contributed by atoms with Crippen LogP contribution in [0.2, 0.25) is 0 Å². The number of pyridine rings is 1. The third-order valence-electron chi connectivity index (χ3n) is 4.55. The van der Waals surface area contributed by atoms with Crippen molar-refractivity contribution in [1.29, 1.82) is 0 Å². The van der Waals surface area contributed by atoms with Crippen LogP contribution in [0.5, 0.6) is 5.75 Å². The average Bonchev–Trinajstić information content (AvgIpc) is 2.91. The first-order valence-corrected chi connectivity index (χ1v) is 9.23. The van der Waals surface area contributed by atoms with E-state index < -0.39 is 0 Å². The summed E-state index contributed by atoms with van der Waals surface area (Å²) in [4.78, 5) is 16.5. The SMILES string of the molecule is Cc1ccc(C)c(OCCCCC(=O)Nc2cnc3c(c2)c(C)nn3C)c1. The van der Waals surface area contributed by atoms with Gasteiger partial charge in [0.15, 0.2) is 5.65 Å². The number of hydrogen-bond donors (Lipinski definition) is 1. The number of aryl methyl sites for hydroxylation is 4. The fraction of sp³-hybridized carbons (Fsp3) is 0.381. The number of hydrogen-bond acceptors (Lipinski definition) is 4. The molecule has 0 unspecified atom stereocenters. The second kappa shape index (κ2) is 8.20. The number of aromatic nitrogens is 3. The van der Waals surface area contributed by atoms with Gasteiger partial charge in [-0.2, -0.15) is 5.10 Å². The van der Waals surface area contributed by atoms with E-state index in [0.717, 1.165) is 40.9 Å². The summed E-state index contributed by atoms with van der Waals surface area (Å²) in [7, 11) is 1.86. The van der Waals surface area contributed by atoms with E-state index in [4.69, 9.17) is 4.74 Å². The maximum atomic E-state index is 12.2. The number of carbonyl (C=O) groups excluding carboxylic acids is 1. The first kappa shape index (κ1) is 18.9. The minimum atomic E-state index is -0.00979. The van der Waals surface area contributed by atoms with Gasteiger partial charge in [0.25, 0.3) is 0 Å². The molecular formula is C21H26N4O2. The van der Waals surface area contributed by atoms with Gasteiger partial charge in [0.1, 0.15) is 5.75 Å². The molecule has 142 valence electrons. The Morgan fingerprint density at radius 1 is 1.19 bits per heavy atom. The highest BCUT2D eigenvalue weighted by molar-refractivity contribution is 5.93. The highest BCUT2D eigenvalue weighted by Gasteiger charge is 2.09. The van der Waals surface area contributed by atoms with E-state index in [-0.39, 0.29) is 5.91 Å².